The van der Waals surface area contributed by atoms with Crippen molar-refractivity contribution in [1.82, 2.24) is 0 Å². The third-order valence-corrected chi connectivity index (χ3v) is 3.94. The summed E-state index contributed by atoms with van der Waals surface area (Å²) in [6, 6.07) is 5.58. The highest BCUT2D eigenvalue weighted by Crippen LogP contribution is 2.33. The molecule has 0 bridgehead atoms. The van der Waals surface area contributed by atoms with Crippen LogP contribution in [-0.4, -0.2) is 25.3 Å². The number of carbonyl (C=O) groups is 1. The molecule has 0 spiro atoms. The Labute approximate surface area is 127 Å². The van der Waals surface area contributed by atoms with E-state index in [2.05, 4.69) is 6.92 Å². The van der Waals surface area contributed by atoms with Crippen LogP contribution in [0.4, 0.5) is 0 Å². The maximum absolute atomic E-state index is 11.6. The first-order valence-corrected chi connectivity index (χ1v) is 7.49. The van der Waals surface area contributed by atoms with Gasteiger partial charge in [-0.1, -0.05) is 33.1 Å². The number of unbranched alkanes of at least 4 members (excludes halogenated alkanes) is 2. The molecule has 0 amide bonds. The van der Waals surface area contributed by atoms with E-state index in [0.29, 0.717) is 17.9 Å². The first-order chi connectivity index (χ1) is 10.0. The van der Waals surface area contributed by atoms with E-state index in [9.17, 15) is 9.90 Å². The molecule has 0 saturated heterocycles. The maximum Gasteiger partial charge on any atom is 0.307 e. The molecule has 0 heterocycles. The Hall–Kier alpha value is -1.71. The molecule has 4 nitrogen and oxygen atoms in total. The molecule has 0 aliphatic heterocycles. The van der Waals surface area contributed by atoms with E-state index < -0.39 is 5.97 Å². The van der Waals surface area contributed by atoms with E-state index in [0.717, 1.165) is 24.8 Å². The molecular weight excluding hydrogens is 268 g/mol. The standard InChI is InChI=1S/C17H26O4/c1-5-6-7-8-16(17(18)19)12(2)13-9-14(20-3)11-15(10-13)21-4/h9-12,16H,5-8H2,1-4H3,(H,18,19)/t12-,16-/m0/s1. The molecule has 0 saturated carbocycles. The molecule has 0 unspecified atom stereocenters. The molecule has 2 atom stereocenters. The minimum Gasteiger partial charge on any atom is -0.497 e. The lowest BCUT2D eigenvalue weighted by Gasteiger charge is -2.21. The molecule has 0 radical (unpaired) electrons. The van der Waals surface area contributed by atoms with Crippen molar-refractivity contribution in [3.63, 3.8) is 0 Å². The summed E-state index contributed by atoms with van der Waals surface area (Å²) in [6.45, 7) is 4.07. The minimum absolute atomic E-state index is 0.0802. The van der Waals surface area contributed by atoms with Crippen molar-refractivity contribution in [3.8, 4) is 11.5 Å². The van der Waals surface area contributed by atoms with Crippen molar-refractivity contribution in [2.75, 3.05) is 14.2 Å². The summed E-state index contributed by atoms with van der Waals surface area (Å²) in [6.07, 6.45) is 3.80. The van der Waals surface area contributed by atoms with Crippen LogP contribution in [0, 0.1) is 5.92 Å². The van der Waals surface area contributed by atoms with Crippen LogP contribution in [0.3, 0.4) is 0 Å². The van der Waals surface area contributed by atoms with E-state index in [4.69, 9.17) is 9.47 Å². The normalized spacial score (nSPS) is 13.5. The summed E-state index contributed by atoms with van der Waals surface area (Å²) in [7, 11) is 3.19. The molecule has 0 fully saturated rings. The summed E-state index contributed by atoms with van der Waals surface area (Å²) >= 11 is 0. The Morgan fingerprint density at radius 2 is 1.71 bits per heavy atom. The molecule has 0 aromatic heterocycles. The van der Waals surface area contributed by atoms with Gasteiger partial charge >= 0.3 is 5.97 Å². The smallest absolute Gasteiger partial charge is 0.307 e. The third-order valence-electron chi connectivity index (χ3n) is 3.94. The molecule has 118 valence electrons. The van der Waals surface area contributed by atoms with Crippen LogP contribution in [-0.2, 0) is 4.79 Å². The molecule has 1 N–H and O–H groups in total. The fourth-order valence-electron chi connectivity index (χ4n) is 2.53. The fourth-order valence-corrected chi connectivity index (χ4v) is 2.53. The summed E-state index contributed by atoms with van der Waals surface area (Å²) in [5.74, 6) is 0.180. The van der Waals surface area contributed by atoms with E-state index in [-0.39, 0.29) is 11.8 Å². The van der Waals surface area contributed by atoms with Crippen molar-refractivity contribution in [2.45, 2.75) is 45.4 Å². The fraction of sp³-hybridized carbons (Fsp3) is 0.588. The van der Waals surface area contributed by atoms with Gasteiger partial charge in [-0.25, -0.2) is 0 Å². The monoisotopic (exact) mass is 294 g/mol. The molecule has 4 heteroatoms. The summed E-state index contributed by atoms with van der Waals surface area (Å²) in [5, 5.41) is 9.49. The molecule has 0 aliphatic carbocycles. The van der Waals surface area contributed by atoms with E-state index >= 15 is 0 Å². The van der Waals surface area contributed by atoms with Gasteiger partial charge in [0.1, 0.15) is 11.5 Å². The van der Waals surface area contributed by atoms with Crippen LogP contribution in [0.5, 0.6) is 11.5 Å². The average Bonchev–Trinajstić information content (AvgIpc) is 2.50. The predicted molar refractivity (Wildman–Crippen MR) is 83.2 cm³/mol. The Morgan fingerprint density at radius 3 is 2.14 bits per heavy atom. The van der Waals surface area contributed by atoms with E-state index in [1.807, 2.05) is 19.1 Å². The van der Waals surface area contributed by atoms with Crippen molar-refractivity contribution < 1.29 is 19.4 Å². The lowest BCUT2D eigenvalue weighted by Crippen LogP contribution is -2.20. The van der Waals surface area contributed by atoms with Crippen LogP contribution >= 0.6 is 0 Å². The number of hydrogen-bond acceptors (Lipinski definition) is 3. The van der Waals surface area contributed by atoms with Gasteiger partial charge in [-0.2, -0.15) is 0 Å². The van der Waals surface area contributed by atoms with Gasteiger partial charge in [0, 0.05) is 6.07 Å². The number of hydrogen-bond donors (Lipinski definition) is 1. The zero-order valence-corrected chi connectivity index (χ0v) is 13.4. The highest BCUT2D eigenvalue weighted by molar-refractivity contribution is 5.71. The number of carboxylic acids is 1. The van der Waals surface area contributed by atoms with Crippen molar-refractivity contribution in [2.24, 2.45) is 5.92 Å². The van der Waals surface area contributed by atoms with Gasteiger partial charge in [0.15, 0.2) is 0 Å². The van der Waals surface area contributed by atoms with Gasteiger partial charge in [-0.15, -0.1) is 0 Å². The topological polar surface area (TPSA) is 55.8 Å². The second kappa shape index (κ2) is 8.55. The summed E-state index contributed by atoms with van der Waals surface area (Å²) in [4.78, 5) is 11.6. The number of methoxy groups -OCH3 is 2. The van der Waals surface area contributed by atoms with Gasteiger partial charge in [-0.3, -0.25) is 4.79 Å². The van der Waals surface area contributed by atoms with Gasteiger partial charge in [0.05, 0.1) is 20.1 Å². The molecule has 21 heavy (non-hydrogen) atoms. The Balaban J connectivity index is 2.96. The second-order valence-corrected chi connectivity index (χ2v) is 5.38. The van der Waals surface area contributed by atoms with Gasteiger partial charge in [-0.05, 0) is 30.0 Å². The Kier molecular flexibility index (Phi) is 7.06. The van der Waals surface area contributed by atoms with Crippen LogP contribution in [0.25, 0.3) is 0 Å². The van der Waals surface area contributed by atoms with Crippen molar-refractivity contribution >= 4 is 5.97 Å². The van der Waals surface area contributed by atoms with E-state index in [1.165, 1.54) is 0 Å². The maximum atomic E-state index is 11.6. The van der Waals surface area contributed by atoms with Crippen LogP contribution in [0.1, 0.15) is 51.0 Å². The quantitative estimate of drug-likeness (QED) is 0.697. The second-order valence-electron chi connectivity index (χ2n) is 5.38. The molecule has 0 aliphatic rings. The zero-order chi connectivity index (χ0) is 15.8. The van der Waals surface area contributed by atoms with Crippen molar-refractivity contribution in [3.05, 3.63) is 23.8 Å². The van der Waals surface area contributed by atoms with E-state index in [1.54, 1.807) is 20.3 Å². The molecular formula is C17H26O4. The van der Waals surface area contributed by atoms with Crippen LogP contribution in [0.2, 0.25) is 0 Å². The molecule has 1 aromatic carbocycles. The van der Waals surface area contributed by atoms with Crippen LogP contribution in [0.15, 0.2) is 18.2 Å². The third kappa shape index (κ3) is 4.96. The first-order valence-electron chi connectivity index (χ1n) is 7.49. The SMILES string of the molecule is CCCCC[C@H](C(=O)O)[C@@H](C)c1cc(OC)cc(OC)c1. The number of benzene rings is 1. The molecule has 1 rings (SSSR count). The van der Waals surface area contributed by atoms with Gasteiger partial charge < -0.3 is 14.6 Å². The van der Waals surface area contributed by atoms with Crippen molar-refractivity contribution in [1.29, 1.82) is 0 Å². The van der Waals surface area contributed by atoms with Crippen LogP contribution < -0.4 is 9.47 Å². The minimum atomic E-state index is -0.736. The molecule has 1 aromatic rings. The number of aliphatic carboxylic acids is 1. The highest BCUT2D eigenvalue weighted by atomic mass is 16.5. The summed E-state index contributed by atoms with van der Waals surface area (Å²) in [5.41, 5.74) is 0.940. The Bertz CT molecular complexity index is 434. The van der Waals surface area contributed by atoms with Gasteiger partial charge in [0.2, 0.25) is 0 Å². The predicted octanol–water partition coefficient (Wildman–Crippen LogP) is 4.09. The zero-order valence-electron chi connectivity index (χ0n) is 13.4. The van der Waals surface area contributed by atoms with Gasteiger partial charge in [0.25, 0.3) is 0 Å². The highest BCUT2D eigenvalue weighted by Gasteiger charge is 2.26. The number of rotatable bonds is 9. The number of carboxylic acid groups (broad SMARTS) is 1. The number of ether oxygens (including phenoxy) is 2. The lowest BCUT2D eigenvalue weighted by atomic mass is 9.84. The lowest BCUT2D eigenvalue weighted by molar-refractivity contribution is -0.142. The Morgan fingerprint density at radius 1 is 1.14 bits per heavy atom. The largest absolute Gasteiger partial charge is 0.497 e. The first kappa shape index (κ1) is 17.3. The summed E-state index contributed by atoms with van der Waals surface area (Å²) < 4.78 is 10.5. The average molecular weight is 294 g/mol.